The molecule has 0 aliphatic heterocycles. The fourth-order valence-corrected chi connectivity index (χ4v) is 3.21. The van der Waals surface area contributed by atoms with Crippen LogP contribution in [0.1, 0.15) is 31.4 Å². The summed E-state index contributed by atoms with van der Waals surface area (Å²) in [6.07, 6.45) is 6.47. The minimum atomic E-state index is -0.332. The molecule has 21 heavy (non-hydrogen) atoms. The molecule has 1 saturated carbocycles. The van der Waals surface area contributed by atoms with Crippen molar-refractivity contribution in [2.24, 2.45) is 11.5 Å². The molecule has 6 nitrogen and oxygen atoms in total. The number of carbonyl (C=O) groups is 1. The monoisotopic (exact) mass is 287 g/mol. The molecule has 0 saturated heterocycles. The molecule has 0 bridgehead atoms. The van der Waals surface area contributed by atoms with Gasteiger partial charge in [0.1, 0.15) is 5.65 Å². The molecule has 0 aromatic carbocycles. The van der Waals surface area contributed by atoms with Gasteiger partial charge in [-0.15, -0.1) is 0 Å². The fraction of sp³-hybridized carbons (Fsp3) is 0.467. The van der Waals surface area contributed by atoms with Gasteiger partial charge in [-0.3, -0.25) is 4.79 Å². The molecule has 0 radical (unpaired) electrons. The van der Waals surface area contributed by atoms with E-state index in [1.54, 1.807) is 0 Å². The van der Waals surface area contributed by atoms with Gasteiger partial charge in [0.2, 0.25) is 5.91 Å². The van der Waals surface area contributed by atoms with Crippen molar-refractivity contribution >= 4 is 17.4 Å². The van der Waals surface area contributed by atoms with Crippen molar-refractivity contribution in [2.75, 3.05) is 11.4 Å². The Morgan fingerprint density at radius 1 is 1.38 bits per heavy atom. The molecule has 3 rings (SSSR count). The Hall–Kier alpha value is -2.08. The van der Waals surface area contributed by atoms with Crippen molar-refractivity contribution in [1.29, 1.82) is 0 Å². The van der Waals surface area contributed by atoms with Gasteiger partial charge in [0.05, 0.1) is 12.2 Å². The van der Waals surface area contributed by atoms with E-state index in [0.717, 1.165) is 30.0 Å². The number of nitrogens with zero attached hydrogens (tertiary/aromatic N) is 3. The minimum Gasteiger partial charge on any atom is -0.368 e. The molecule has 0 unspecified atom stereocenters. The number of hydrogen-bond acceptors (Lipinski definition) is 4. The number of rotatable bonds is 5. The molecule has 1 fully saturated rings. The smallest absolute Gasteiger partial charge is 0.237 e. The van der Waals surface area contributed by atoms with Crippen molar-refractivity contribution in [1.82, 2.24) is 9.38 Å². The lowest BCUT2D eigenvalue weighted by molar-refractivity contribution is -0.116. The highest BCUT2D eigenvalue weighted by atomic mass is 16.1. The zero-order valence-corrected chi connectivity index (χ0v) is 12.0. The van der Waals surface area contributed by atoms with E-state index in [0.29, 0.717) is 12.6 Å². The molecule has 6 heteroatoms. The zero-order chi connectivity index (χ0) is 14.8. The first-order valence-electron chi connectivity index (χ1n) is 7.41. The first-order valence-corrected chi connectivity index (χ1v) is 7.41. The van der Waals surface area contributed by atoms with Crippen LogP contribution in [0.2, 0.25) is 0 Å². The van der Waals surface area contributed by atoms with Crippen LogP contribution in [0.15, 0.2) is 24.4 Å². The number of amides is 1. The number of fused-ring (bicyclic) bond motifs is 1. The number of anilines is 1. The summed E-state index contributed by atoms with van der Waals surface area (Å²) in [7, 11) is 0. The number of carbonyl (C=O) groups excluding carboxylic acids is 1. The van der Waals surface area contributed by atoms with Crippen LogP contribution in [-0.4, -0.2) is 27.9 Å². The molecule has 0 atom stereocenters. The van der Waals surface area contributed by atoms with Crippen LogP contribution in [0.25, 0.3) is 5.65 Å². The Labute approximate surface area is 123 Å². The summed E-state index contributed by atoms with van der Waals surface area (Å²) < 4.78 is 1.98. The molecular weight excluding hydrogens is 266 g/mol. The van der Waals surface area contributed by atoms with Gasteiger partial charge in [0, 0.05) is 18.8 Å². The number of nitrogens with two attached hydrogens (primary N) is 2. The number of aromatic nitrogens is 2. The third kappa shape index (κ3) is 2.58. The number of hydrogen-bond donors (Lipinski definition) is 2. The molecule has 4 N–H and O–H groups in total. The first kappa shape index (κ1) is 13.9. The summed E-state index contributed by atoms with van der Waals surface area (Å²) in [5.41, 5.74) is 13.1. The van der Waals surface area contributed by atoms with Crippen LogP contribution >= 0.6 is 0 Å². The Morgan fingerprint density at radius 3 is 2.81 bits per heavy atom. The van der Waals surface area contributed by atoms with Gasteiger partial charge in [0.25, 0.3) is 0 Å². The van der Waals surface area contributed by atoms with E-state index in [1.807, 2.05) is 33.7 Å². The molecular formula is C15H21N5O. The SMILES string of the molecule is NCc1c(N(CC(N)=O)C2CCCC2)nc2ccccn12. The second-order valence-corrected chi connectivity index (χ2v) is 5.55. The van der Waals surface area contributed by atoms with Crippen molar-refractivity contribution in [3.8, 4) is 0 Å². The van der Waals surface area contributed by atoms with Gasteiger partial charge in [-0.05, 0) is 25.0 Å². The Morgan fingerprint density at radius 2 is 2.14 bits per heavy atom. The molecule has 112 valence electrons. The maximum atomic E-state index is 11.5. The zero-order valence-electron chi connectivity index (χ0n) is 12.0. The third-order valence-electron chi connectivity index (χ3n) is 4.16. The average Bonchev–Trinajstić information content (AvgIpc) is 3.11. The molecule has 1 aliphatic rings. The highest BCUT2D eigenvalue weighted by Gasteiger charge is 2.28. The van der Waals surface area contributed by atoms with E-state index >= 15 is 0 Å². The van der Waals surface area contributed by atoms with Crippen molar-refractivity contribution < 1.29 is 4.79 Å². The largest absolute Gasteiger partial charge is 0.368 e. The minimum absolute atomic E-state index is 0.196. The topological polar surface area (TPSA) is 89.6 Å². The van der Waals surface area contributed by atoms with Crippen LogP contribution in [0.4, 0.5) is 5.82 Å². The Balaban J connectivity index is 2.07. The normalized spacial score (nSPS) is 15.7. The second-order valence-electron chi connectivity index (χ2n) is 5.55. The van der Waals surface area contributed by atoms with E-state index < -0.39 is 0 Å². The quantitative estimate of drug-likeness (QED) is 0.859. The van der Waals surface area contributed by atoms with Crippen molar-refractivity contribution in [3.63, 3.8) is 0 Å². The predicted molar refractivity (Wildman–Crippen MR) is 81.9 cm³/mol. The fourth-order valence-electron chi connectivity index (χ4n) is 3.21. The van der Waals surface area contributed by atoms with Gasteiger partial charge < -0.3 is 20.8 Å². The summed E-state index contributed by atoms with van der Waals surface area (Å²) in [5.74, 6) is 0.469. The van der Waals surface area contributed by atoms with E-state index in [9.17, 15) is 4.79 Å². The Kier molecular flexibility index (Phi) is 3.79. The lowest BCUT2D eigenvalue weighted by atomic mass is 10.2. The number of pyridine rings is 1. The summed E-state index contributed by atoms with van der Waals surface area (Å²) in [4.78, 5) is 18.2. The average molecular weight is 287 g/mol. The van der Waals surface area contributed by atoms with Gasteiger partial charge in [0.15, 0.2) is 5.82 Å². The van der Waals surface area contributed by atoms with Gasteiger partial charge in [-0.25, -0.2) is 4.98 Å². The first-order chi connectivity index (χ1) is 10.2. The van der Waals surface area contributed by atoms with Crippen LogP contribution in [0.5, 0.6) is 0 Å². The van der Waals surface area contributed by atoms with Crippen LogP contribution < -0.4 is 16.4 Å². The van der Waals surface area contributed by atoms with Crippen LogP contribution in [-0.2, 0) is 11.3 Å². The number of imidazole rings is 1. The molecule has 1 amide bonds. The van der Waals surface area contributed by atoms with E-state index in [4.69, 9.17) is 11.5 Å². The predicted octanol–water partition coefficient (Wildman–Crippen LogP) is 1.03. The molecule has 1 aliphatic carbocycles. The molecule has 2 heterocycles. The Bertz CT molecular complexity index is 645. The summed E-state index contributed by atoms with van der Waals surface area (Å²) in [5, 5.41) is 0. The van der Waals surface area contributed by atoms with Gasteiger partial charge in [-0.1, -0.05) is 18.9 Å². The van der Waals surface area contributed by atoms with Gasteiger partial charge in [-0.2, -0.15) is 0 Å². The second kappa shape index (κ2) is 5.73. The van der Waals surface area contributed by atoms with Gasteiger partial charge >= 0.3 is 0 Å². The highest BCUT2D eigenvalue weighted by Crippen LogP contribution is 2.30. The molecule has 0 spiro atoms. The van der Waals surface area contributed by atoms with E-state index in [-0.39, 0.29) is 12.5 Å². The van der Waals surface area contributed by atoms with E-state index in [2.05, 4.69) is 4.98 Å². The highest BCUT2D eigenvalue weighted by molar-refractivity contribution is 5.80. The standard InChI is InChI=1S/C15H21N5O/c16-9-12-15(18-14-7-3-4-8-19(12)14)20(10-13(17)21)11-5-1-2-6-11/h3-4,7-8,11H,1-2,5-6,9-10,16H2,(H2,17,21). The molecule has 2 aromatic heterocycles. The van der Waals surface area contributed by atoms with E-state index in [1.165, 1.54) is 12.8 Å². The summed E-state index contributed by atoms with van der Waals surface area (Å²) in [6, 6.07) is 6.17. The lowest BCUT2D eigenvalue weighted by Crippen LogP contribution is -2.41. The maximum Gasteiger partial charge on any atom is 0.237 e. The molecule has 2 aromatic rings. The van der Waals surface area contributed by atoms with Crippen LogP contribution in [0, 0.1) is 0 Å². The van der Waals surface area contributed by atoms with Crippen molar-refractivity contribution in [3.05, 3.63) is 30.1 Å². The summed E-state index contributed by atoms with van der Waals surface area (Å²) in [6.45, 7) is 0.573. The van der Waals surface area contributed by atoms with Crippen LogP contribution in [0.3, 0.4) is 0 Å². The third-order valence-corrected chi connectivity index (χ3v) is 4.16. The number of primary amides is 1. The lowest BCUT2D eigenvalue weighted by Gasteiger charge is -2.28. The summed E-state index contributed by atoms with van der Waals surface area (Å²) >= 11 is 0. The van der Waals surface area contributed by atoms with Crippen molar-refractivity contribution in [2.45, 2.75) is 38.3 Å². The maximum absolute atomic E-state index is 11.5.